The van der Waals surface area contributed by atoms with Gasteiger partial charge in [-0.2, -0.15) is 9.37 Å². The fourth-order valence-electron chi connectivity index (χ4n) is 3.15. The molecule has 0 fully saturated rings. The van der Waals surface area contributed by atoms with E-state index in [0.29, 0.717) is 27.8 Å². The monoisotopic (exact) mass is 423 g/mol. The number of nitrogens with one attached hydrogen (secondary N) is 1. The first-order valence-corrected chi connectivity index (χ1v) is 10.3. The number of aromatic nitrogens is 3. The van der Waals surface area contributed by atoms with Crippen molar-refractivity contribution in [2.45, 2.75) is 19.0 Å². The number of hydrogen-bond donors (Lipinski definition) is 1. The second-order valence-electron chi connectivity index (χ2n) is 6.28. The molecule has 1 unspecified atom stereocenters. The molecule has 0 saturated heterocycles. The molecule has 5 nitrogen and oxygen atoms in total. The molecule has 3 heterocycles. The fourth-order valence-corrected chi connectivity index (χ4v) is 4.29. The highest BCUT2D eigenvalue weighted by molar-refractivity contribution is 8.13. The third-order valence-electron chi connectivity index (χ3n) is 4.35. The van der Waals surface area contributed by atoms with Crippen LogP contribution in [-0.4, -0.2) is 43.9 Å². The van der Waals surface area contributed by atoms with E-state index in [2.05, 4.69) is 19.9 Å². The number of nitrogens with zero attached hydrogens (tertiary/aromatic N) is 4. The number of halogens is 3. The molecule has 1 aromatic carbocycles. The lowest BCUT2D eigenvalue weighted by atomic mass is 10.1. The average molecular weight is 424 g/mol. The Hall–Kier alpha value is -1.83. The zero-order valence-electron chi connectivity index (χ0n) is 14.4. The minimum Gasteiger partial charge on any atom is -0.342 e. The van der Waals surface area contributed by atoms with Crippen LogP contribution >= 0.6 is 35.0 Å². The number of aliphatic imine (C=N–C) groups is 1. The molecule has 27 heavy (non-hydrogen) atoms. The molecule has 0 aliphatic carbocycles. The third kappa shape index (κ3) is 4.05. The summed E-state index contributed by atoms with van der Waals surface area (Å²) in [5.41, 5.74) is 2.13. The van der Waals surface area contributed by atoms with E-state index in [4.69, 9.17) is 28.2 Å². The molecule has 0 saturated carbocycles. The number of imidazole rings is 1. The van der Waals surface area contributed by atoms with Gasteiger partial charge in [-0.25, -0.2) is 4.98 Å². The summed E-state index contributed by atoms with van der Waals surface area (Å²) in [6.07, 6.45) is 2.74. The van der Waals surface area contributed by atoms with E-state index in [1.807, 2.05) is 18.4 Å². The number of H-pyrrole nitrogens is 1. The molecule has 0 amide bonds. The number of thioether (sulfide) groups is 1. The van der Waals surface area contributed by atoms with Gasteiger partial charge in [-0.3, -0.25) is 4.99 Å². The van der Waals surface area contributed by atoms with Crippen LogP contribution in [0.1, 0.15) is 11.4 Å². The fraction of sp³-hybridized carbons (Fsp3) is 0.278. The van der Waals surface area contributed by atoms with Crippen molar-refractivity contribution >= 4 is 51.3 Å². The largest absolute Gasteiger partial charge is 0.342 e. The maximum Gasteiger partial charge on any atom is 0.214 e. The molecule has 9 heteroatoms. The Labute approximate surface area is 170 Å². The highest BCUT2D eigenvalue weighted by atomic mass is 35.5. The highest BCUT2D eigenvalue weighted by Crippen LogP contribution is 2.26. The van der Waals surface area contributed by atoms with Crippen molar-refractivity contribution in [1.82, 2.24) is 19.9 Å². The predicted octanol–water partition coefficient (Wildman–Crippen LogP) is 4.55. The molecule has 2 aromatic heterocycles. The first-order chi connectivity index (χ1) is 13.0. The average Bonchev–Trinajstić information content (AvgIpc) is 3.20. The molecule has 1 aliphatic heterocycles. The van der Waals surface area contributed by atoms with Gasteiger partial charge in [0.1, 0.15) is 11.3 Å². The van der Waals surface area contributed by atoms with E-state index in [1.54, 1.807) is 23.9 Å². The van der Waals surface area contributed by atoms with Crippen molar-refractivity contribution in [2.75, 3.05) is 12.8 Å². The van der Waals surface area contributed by atoms with Gasteiger partial charge in [0.15, 0.2) is 10.8 Å². The summed E-state index contributed by atoms with van der Waals surface area (Å²) in [6.45, 7) is 1.32. The molecule has 1 atom stereocenters. The Balaban J connectivity index is 1.49. The Bertz CT molecular complexity index is 1020. The summed E-state index contributed by atoms with van der Waals surface area (Å²) in [4.78, 5) is 18.4. The molecule has 140 valence electrons. The van der Waals surface area contributed by atoms with E-state index >= 15 is 0 Å². The summed E-state index contributed by atoms with van der Waals surface area (Å²) in [7, 11) is 0. The minimum atomic E-state index is -0.523. The Kier molecular flexibility index (Phi) is 5.25. The van der Waals surface area contributed by atoms with E-state index < -0.39 is 5.95 Å². The van der Waals surface area contributed by atoms with Crippen LogP contribution in [0.4, 0.5) is 4.39 Å². The van der Waals surface area contributed by atoms with Gasteiger partial charge in [0.05, 0.1) is 12.6 Å². The molecule has 0 bridgehead atoms. The van der Waals surface area contributed by atoms with E-state index in [9.17, 15) is 4.39 Å². The summed E-state index contributed by atoms with van der Waals surface area (Å²) in [5.74, 6) is 0.208. The van der Waals surface area contributed by atoms with Gasteiger partial charge in [0.2, 0.25) is 5.95 Å². The molecule has 4 rings (SSSR count). The van der Waals surface area contributed by atoms with Crippen LogP contribution < -0.4 is 0 Å². The smallest absolute Gasteiger partial charge is 0.214 e. The molecule has 1 aliphatic rings. The standard InChI is InChI=1S/C18H16Cl2FN5S/c1-27-18-22-12(6-10-2-3-11(19)7-13(10)20)8-26(18)9-16-23-14-4-5-15(21)24-17(14)25-16/h2-5,7,12H,6,8-9H2,1H3,(H,23,24,25). The van der Waals surface area contributed by atoms with Crippen molar-refractivity contribution in [3.63, 3.8) is 0 Å². The number of benzene rings is 1. The van der Waals surface area contributed by atoms with E-state index in [-0.39, 0.29) is 6.04 Å². The van der Waals surface area contributed by atoms with Crippen molar-refractivity contribution in [3.05, 3.63) is 57.7 Å². The number of aromatic amines is 1. The lowest BCUT2D eigenvalue weighted by molar-refractivity contribution is 0.412. The van der Waals surface area contributed by atoms with Gasteiger partial charge in [0, 0.05) is 16.6 Å². The second-order valence-corrected chi connectivity index (χ2v) is 7.89. The number of rotatable bonds is 4. The van der Waals surface area contributed by atoms with Crippen LogP contribution in [0.3, 0.4) is 0 Å². The summed E-state index contributed by atoms with van der Waals surface area (Å²) in [5, 5.41) is 2.23. The maximum atomic E-state index is 13.3. The van der Waals surface area contributed by atoms with Crippen LogP contribution in [0.2, 0.25) is 10.0 Å². The molecule has 1 N–H and O–H groups in total. The molecule has 0 radical (unpaired) electrons. The van der Waals surface area contributed by atoms with Gasteiger partial charge < -0.3 is 9.88 Å². The number of amidine groups is 1. The number of fused-ring (bicyclic) bond motifs is 1. The van der Waals surface area contributed by atoms with Gasteiger partial charge >= 0.3 is 0 Å². The van der Waals surface area contributed by atoms with Crippen molar-refractivity contribution in [3.8, 4) is 0 Å². The number of pyridine rings is 1. The first kappa shape index (κ1) is 18.5. The summed E-state index contributed by atoms with van der Waals surface area (Å²) >= 11 is 13.9. The summed E-state index contributed by atoms with van der Waals surface area (Å²) < 4.78 is 13.3. The van der Waals surface area contributed by atoms with E-state index in [0.717, 1.165) is 29.5 Å². The Morgan fingerprint density at radius 3 is 2.89 bits per heavy atom. The van der Waals surface area contributed by atoms with Crippen LogP contribution in [0.5, 0.6) is 0 Å². The third-order valence-corrected chi connectivity index (χ3v) is 5.66. The van der Waals surface area contributed by atoms with Gasteiger partial charge in [0.25, 0.3) is 0 Å². The lowest BCUT2D eigenvalue weighted by Crippen LogP contribution is -2.28. The van der Waals surface area contributed by atoms with E-state index in [1.165, 1.54) is 6.07 Å². The zero-order chi connectivity index (χ0) is 19.0. The van der Waals surface area contributed by atoms with Crippen molar-refractivity contribution in [2.24, 2.45) is 4.99 Å². The van der Waals surface area contributed by atoms with Crippen LogP contribution in [0, 0.1) is 5.95 Å². The number of hydrogen-bond acceptors (Lipinski definition) is 5. The van der Waals surface area contributed by atoms with Crippen LogP contribution in [0.25, 0.3) is 11.2 Å². The topological polar surface area (TPSA) is 57.2 Å². The molecule has 3 aromatic rings. The normalized spacial score (nSPS) is 17.0. The molecular formula is C18H16Cl2FN5S. The lowest BCUT2D eigenvalue weighted by Gasteiger charge is -2.18. The van der Waals surface area contributed by atoms with Gasteiger partial charge in [-0.05, 0) is 42.5 Å². The molecular weight excluding hydrogens is 408 g/mol. The first-order valence-electron chi connectivity index (χ1n) is 8.33. The quantitative estimate of drug-likeness (QED) is 0.625. The predicted molar refractivity (Wildman–Crippen MR) is 109 cm³/mol. The Morgan fingerprint density at radius 2 is 2.11 bits per heavy atom. The van der Waals surface area contributed by atoms with Crippen LogP contribution in [-0.2, 0) is 13.0 Å². The molecule has 0 spiro atoms. The minimum absolute atomic E-state index is 0.103. The second kappa shape index (κ2) is 7.66. The van der Waals surface area contributed by atoms with Crippen LogP contribution in [0.15, 0.2) is 35.3 Å². The van der Waals surface area contributed by atoms with Crippen molar-refractivity contribution < 1.29 is 4.39 Å². The van der Waals surface area contributed by atoms with Gasteiger partial charge in [-0.1, -0.05) is 41.0 Å². The highest BCUT2D eigenvalue weighted by Gasteiger charge is 2.26. The van der Waals surface area contributed by atoms with Crippen molar-refractivity contribution in [1.29, 1.82) is 0 Å². The maximum absolute atomic E-state index is 13.3. The Morgan fingerprint density at radius 1 is 1.26 bits per heavy atom. The SMILES string of the molecule is CSC1=NC(Cc2ccc(Cl)cc2Cl)CN1Cc1nc2ccc(F)nc2[nH]1. The zero-order valence-corrected chi connectivity index (χ0v) is 16.7. The summed E-state index contributed by atoms with van der Waals surface area (Å²) in [6, 6.07) is 8.58. The van der Waals surface area contributed by atoms with Gasteiger partial charge in [-0.15, -0.1) is 0 Å².